The first-order chi connectivity index (χ1) is 14.8. The number of nitrogens with zero attached hydrogens (tertiary/aromatic N) is 1. The summed E-state index contributed by atoms with van der Waals surface area (Å²) in [5.74, 6) is -0.202. The molecule has 0 saturated carbocycles. The van der Waals surface area contributed by atoms with Crippen molar-refractivity contribution in [2.45, 2.75) is 26.2 Å². The molecule has 0 aliphatic carbocycles. The maximum atomic E-state index is 11.9. The van der Waals surface area contributed by atoms with Crippen molar-refractivity contribution in [2.24, 2.45) is 5.10 Å². The van der Waals surface area contributed by atoms with E-state index in [1.165, 1.54) is 5.56 Å². The molecule has 0 heterocycles. The number of fused-ring (bicyclic) bond motifs is 1. The number of rotatable bonds is 7. The van der Waals surface area contributed by atoms with Crippen molar-refractivity contribution in [1.29, 1.82) is 0 Å². The SMILES string of the molecule is CC(C)(C)c1ccc(C=NNC(=O)CNC(=O)COc2ccc3ccccc3c2)cc1. The highest BCUT2D eigenvalue weighted by atomic mass is 16.5. The van der Waals surface area contributed by atoms with Gasteiger partial charge in [-0.1, -0.05) is 75.4 Å². The van der Waals surface area contributed by atoms with Crippen LogP contribution in [0, 0.1) is 0 Å². The van der Waals surface area contributed by atoms with E-state index in [0.29, 0.717) is 5.75 Å². The van der Waals surface area contributed by atoms with Gasteiger partial charge in [-0.2, -0.15) is 5.10 Å². The van der Waals surface area contributed by atoms with E-state index >= 15 is 0 Å². The molecular weight excluding hydrogens is 390 g/mol. The minimum Gasteiger partial charge on any atom is -0.484 e. The van der Waals surface area contributed by atoms with E-state index < -0.39 is 5.91 Å². The fourth-order valence-corrected chi connectivity index (χ4v) is 2.92. The Hall–Kier alpha value is -3.67. The van der Waals surface area contributed by atoms with Crippen molar-refractivity contribution >= 4 is 28.8 Å². The monoisotopic (exact) mass is 417 g/mol. The molecule has 31 heavy (non-hydrogen) atoms. The van der Waals surface area contributed by atoms with Gasteiger partial charge in [0.25, 0.3) is 11.8 Å². The number of carbonyl (C=O) groups is 2. The van der Waals surface area contributed by atoms with Crippen LogP contribution in [0.15, 0.2) is 71.8 Å². The van der Waals surface area contributed by atoms with Crippen molar-refractivity contribution in [2.75, 3.05) is 13.2 Å². The molecule has 6 nitrogen and oxygen atoms in total. The van der Waals surface area contributed by atoms with Crippen molar-refractivity contribution in [1.82, 2.24) is 10.7 Å². The smallest absolute Gasteiger partial charge is 0.259 e. The lowest BCUT2D eigenvalue weighted by Gasteiger charge is -2.18. The first kappa shape index (κ1) is 22.0. The molecule has 3 aromatic rings. The lowest BCUT2D eigenvalue weighted by molar-refractivity contribution is -0.127. The van der Waals surface area contributed by atoms with Crippen LogP contribution in [0.4, 0.5) is 0 Å². The Balaban J connectivity index is 1.39. The maximum Gasteiger partial charge on any atom is 0.259 e. The molecule has 0 aliphatic heterocycles. The second-order valence-electron chi connectivity index (χ2n) is 8.24. The predicted octanol–water partition coefficient (Wildman–Crippen LogP) is 3.78. The Labute approximate surface area is 182 Å². The Morgan fingerprint density at radius 3 is 2.35 bits per heavy atom. The predicted molar refractivity (Wildman–Crippen MR) is 123 cm³/mol. The fourth-order valence-electron chi connectivity index (χ4n) is 2.92. The van der Waals surface area contributed by atoms with Crippen LogP contribution < -0.4 is 15.5 Å². The molecule has 2 amide bonds. The molecule has 0 aromatic heterocycles. The quantitative estimate of drug-likeness (QED) is 0.454. The Morgan fingerprint density at radius 1 is 0.935 bits per heavy atom. The summed E-state index contributed by atoms with van der Waals surface area (Å²) >= 11 is 0. The van der Waals surface area contributed by atoms with E-state index in [0.717, 1.165) is 16.3 Å². The molecule has 3 aromatic carbocycles. The lowest BCUT2D eigenvalue weighted by atomic mass is 9.87. The van der Waals surface area contributed by atoms with Gasteiger partial charge in [-0.25, -0.2) is 5.43 Å². The van der Waals surface area contributed by atoms with Gasteiger partial charge in [0.15, 0.2) is 6.61 Å². The van der Waals surface area contributed by atoms with Crippen molar-refractivity contribution < 1.29 is 14.3 Å². The molecule has 160 valence electrons. The minimum atomic E-state index is -0.415. The van der Waals surface area contributed by atoms with Crippen LogP contribution in [0.2, 0.25) is 0 Å². The molecule has 0 aliphatic rings. The summed E-state index contributed by atoms with van der Waals surface area (Å²) in [7, 11) is 0. The van der Waals surface area contributed by atoms with Gasteiger partial charge in [0.05, 0.1) is 12.8 Å². The van der Waals surface area contributed by atoms with E-state index in [2.05, 4.69) is 36.6 Å². The van der Waals surface area contributed by atoms with Gasteiger partial charge in [-0.05, 0) is 39.4 Å². The average molecular weight is 418 g/mol. The number of hydrogen-bond acceptors (Lipinski definition) is 4. The van der Waals surface area contributed by atoms with E-state index in [9.17, 15) is 9.59 Å². The maximum absolute atomic E-state index is 11.9. The van der Waals surface area contributed by atoms with Gasteiger partial charge in [0, 0.05) is 0 Å². The number of benzene rings is 3. The van der Waals surface area contributed by atoms with Crippen molar-refractivity contribution in [3.8, 4) is 5.75 Å². The molecule has 2 N–H and O–H groups in total. The van der Waals surface area contributed by atoms with Gasteiger partial charge in [0.1, 0.15) is 5.75 Å². The molecule has 0 spiro atoms. The Bertz CT molecular complexity index is 1080. The highest BCUT2D eigenvalue weighted by Crippen LogP contribution is 2.22. The summed E-state index contributed by atoms with van der Waals surface area (Å²) in [5, 5.41) is 8.57. The first-order valence-corrected chi connectivity index (χ1v) is 10.1. The molecular formula is C25H27N3O3. The van der Waals surface area contributed by atoms with E-state index in [-0.39, 0.29) is 24.5 Å². The van der Waals surface area contributed by atoms with Crippen LogP contribution in [0.5, 0.6) is 5.75 Å². The Morgan fingerprint density at radius 2 is 1.65 bits per heavy atom. The molecule has 0 saturated heterocycles. The third kappa shape index (κ3) is 6.67. The van der Waals surface area contributed by atoms with E-state index in [1.807, 2.05) is 66.7 Å². The summed E-state index contributed by atoms with van der Waals surface area (Å²) < 4.78 is 5.51. The molecule has 3 rings (SSSR count). The average Bonchev–Trinajstić information content (AvgIpc) is 2.76. The van der Waals surface area contributed by atoms with Gasteiger partial charge in [-0.3, -0.25) is 9.59 Å². The van der Waals surface area contributed by atoms with Crippen molar-refractivity contribution in [3.05, 3.63) is 77.9 Å². The fraction of sp³-hybridized carbons (Fsp3) is 0.240. The third-order valence-corrected chi connectivity index (χ3v) is 4.72. The Kier molecular flexibility index (Phi) is 7.03. The number of hydrazone groups is 1. The van der Waals surface area contributed by atoms with Gasteiger partial charge >= 0.3 is 0 Å². The summed E-state index contributed by atoms with van der Waals surface area (Å²) in [5.41, 5.74) is 4.58. The zero-order valence-corrected chi connectivity index (χ0v) is 18.0. The van der Waals surface area contributed by atoms with Crippen LogP contribution in [0.1, 0.15) is 31.9 Å². The summed E-state index contributed by atoms with van der Waals surface area (Å²) in [6.45, 7) is 6.10. The zero-order chi connectivity index (χ0) is 22.3. The largest absolute Gasteiger partial charge is 0.484 e. The van der Waals surface area contributed by atoms with Gasteiger partial charge in [0.2, 0.25) is 0 Å². The second-order valence-corrected chi connectivity index (χ2v) is 8.24. The molecule has 0 bridgehead atoms. The van der Waals surface area contributed by atoms with E-state index in [1.54, 1.807) is 6.21 Å². The first-order valence-electron chi connectivity index (χ1n) is 10.1. The van der Waals surface area contributed by atoms with Gasteiger partial charge in [-0.15, -0.1) is 0 Å². The minimum absolute atomic E-state index is 0.0834. The molecule has 0 radical (unpaired) electrons. The number of ether oxygens (including phenoxy) is 1. The topological polar surface area (TPSA) is 79.8 Å². The highest BCUT2D eigenvalue weighted by molar-refractivity contribution is 5.87. The standard InChI is InChI=1S/C25H27N3O3/c1-25(2,3)21-11-8-18(9-12-21)15-27-28-23(29)16-26-24(30)17-31-22-13-10-19-6-4-5-7-20(19)14-22/h4-15H,16-17H2,1-3H3,(H,26,30)(H,28,29). The van der Waals surface area contributed by atoms with Crippen LogP contribution >= 0.6 is 0 Å². The number of nitrogens with one attached hydrogen (secondary N) is 2. The van der Waals surface area contributed by atoms with Crippen LogP contribution in [0.3, 0.4) is 0 Å². The molecule has 0 unspecified atom stereocenters. The third-order valence-electron chi connectivity index (χ3n) is 4.72. The van der Waals surface area contributed by atoms with Crippen molar-refractivity contribution in [3.63, 3.8) is 0 Å². The highest BCUT2D eigenvalue weighted by Gasteiger charge is 2.12. The van der Waals surface area contributed by atoms with E-state index in [4.69, 9.17) is 4.74 Å². The molecule has 0 atom stereocenters. The summed E-state index contributed by atoms with van der Waals surface area (Å²) in [4.78, 5) is 23.8. The molecule has 0 fully saturated rings. The normalized spacial score (nSPS) is 11.5. The van der Waals surface area contributed by atoms with Crippen LogP contribution in [-0.2, 0) is 15.0 Å². The van der Waals surface area contributed by atoms with Gasteiger partial charge < -0.3 is 10.1 Å². The second kappa shape index (κ2) is 9.89. The number of hydrogen-bond donors (Lipinski definition) is 2. The summed E-state index contributed by atoms with van der Waals surface area (Å²) in [6, 6.07) is 21.5. The molecule has 6 heteroatoms. The number of carbonyl (C=O) groups excluding carboxylic acids is 2. The summed E-state index contributed by atoms with van der Waals surface area (Å²) in [6.07, 6.45) is 1.56. The lowest BCUT2D eigenvalue weighted by Crippen LogP contribution is -2.37. The van der Waals surface area contributed by atoms with Crippen LogP contribution in [-0.4, -0.2) is 31.2 Å². The zero-order valence-electron chi connectivity index (χ0n) is 18.0. The number of amides is 2. The van der Waals surface area contributed by atoms with Crippen LogP contribution in [0.25, 0.3) is 10.8 Å².